The van der Waals surface area contributed by atoms with Gasteiger partial charge in [0.25, 0.3) is 5.91 Å². The van der Waals surface area contributed by atoms with Crippen molar-refractivity contribution in [2.24, 2.45) is 17.6 Å². The third-order valence-corrected chi connectivity index (χ3v) is 9.76. The van der Waals surface area contributed by atoms with Gasteiger partial charge >= 0.3 is 0 Å². The van der Waals surface area contributed by atoms with Gasteiger partial charge in [-0.1, -0.05) is 48.5 Å². The van der Waals surface area contributed by atoms with Crippen molar-refractivity contribution in [3.63, 3.8) is 0 Å². The largest absolute Gasteiger partial charge is 0.494 e. The van der Waals surface area contributed by atoms with Crippen molar-refractivity contribution in [3.8, 4) is 17.3 Å². The molecule has 2 radical (unpaired) electrons. The van der Waals surface area contributed by atoms with E-state index in [0.717, 1.165) is 41.9 Å². The van der Waals surface area contributed by atoms with E-state index in [1.807, 2.05) is 23.1 Å². The summed E-state index contributed by atoms with van der Waals surface area (Å²) in [6, 6.07) is 24.9. The van der Waals surface area contributed by atoms with E-state index in [2.05, 4.69) is 63.7 Å². The van der Waals surface area contributed by atoms with Gasteiger partial charge in [-0.15, -0.1) is 0 Å². The Bertz CT molecular complexity index is 1840. The van der Waals surface area contributed by atoms with Gasteiger partial charge in [0.1, 0.15) is 11.3 Å². The molecule has 2 bridgehead atoms. The summed E-state index contributed by atoms with van der Waals surface area (Å²) >= 11 is 0. The Balaban J connectivity index is 1.31. The lowest BCUT2D eigenvalue weighted by Crippen LogP contribution is -2.52. The van der Waals surface area contributed by atoms with Crippen molar-refractivity contribution in [2.45, 2.75) is 50.3 Å². The van der Waals surface area contributed by atoms with Crippen molar-refractivity contribution in [2.75, 3.05) is 13.7 Å². The molecule has 1 aliphatic heterocycles. The molecular formula is C34H34BN5O2. The van der Waals surface area contributed by atoms with Gasteiger partial charge in [-0.3, -0.25) is 4.79 Å². The summed E-state index contributed by atoms with van der Waals surface area (Å²) < 4.78 is 10.7. The van der Waals surface area contributed by atoms with Crippen LogP contribution in [0.2, 0.25) is 0 Å². The quantitative estimate of drug-likeness (QED) is 0.281. The van der Waals surface area contributed by atoms with Gasteiger partial charge in [-0.25, -0.2) is 4.98 Å². The number of rotatable bonds is 7. The summed E-state index contributed by atoms with van der Waals surface area (Å²) in [5.41, 5.74) is 11.3. The number of para-hydroxylation sites is 1. The Labute approximate surface area is 246 Å². The topological polar surface area (TPSA) is 78.3 Å². The molecule has 42 heavy (non-hydrogen) atoms. The van der Waals surface area contributed by atoms with Crippen LogP contribution in [0, 0.1) is 11.8 Å². The fourth-order valence-electron chi connectivity index (χ4n) is 7.34. The van der Waals surface area contributed by atoms with Crippen LogP contribution in [-0.4, -0.2) is 57.9 Å². The van der Waals surface area contributed by atoms with Crippen LogP contribution in [0.4, 0.5) is 0 Å². The maximum Gasteiger partial charge on any atom is 0.254 e. The minimum Gasteiger partial charge on any atom is -0.494 e. The van der Waals surface area contributed by atoms with E-state index in [1.54, 1.807) is 7.11 Å². The molecule has 2 aliphatic carbocycles. The lowest BCUT2D eigenvalue weighted by atomic mass is 9.71. The zero-order chi connectivity index (χ0) is 28.6. The van der Waals surface area contributed by atoms with Gasteiger partial charge in [0.2, 0.25) is 0 Å². The Hall–Kier alpha value is -4.04. The maximum absolute atomic E-state index is 13.9. The van der Waals surface area contributed by atoms with Gasteiger partial charge in [0, 0.05) is 47.6 Å². The first kappa shape index (κ1) is 25.7. The third-order valence-electron chi connectivity index (χ3n) is 9.76. The number of hydrogen-bond donors (Lipinski definition) is 1. The summed E-state index contributed by atoms with van der Waals surface area (Å²) in [6.07, 6.45) is 4.32. The van der Waals surface area contributed by atoms with Gasteiger partial charge < -0.3 is 24.5 Å². The number of methoxy groups -OCH3 is 1. The number of piperidine rings is 1. The molecule has 3 atom stereocenters. The molecule has 7 nitrogen and oxygen atoms in total. The van der Waals surface area contributed by atoms with Crippen LogP contribution in [0.25, 0.3) is 33.5 Å². The number of fused-ring (bicyclic) bond motifs is 4. The number of carbonyl (C=O) groups excluding carboxylic acids is 1. The molecule has 3 aromatic carbocycles. The second kappa shape index (κ2) is 9.49. The van der Waals surface area contributed by atoms with E-state index in [1.165, 1.54) is 29.3 Å². The highest BCUT2D eigenvalue weighted by Gasteiger charge is 2.54. The van der Waals surface area contributed by atoms with Gasteiger partial charge in [-0.05, 0) is 67.3 Å². The average Bonchev–Trinajstić information content (AvgIpc) is 3.47. The molecule has 2 saturated carbocycles. The van der Waals surface area contributed by atoms with E-state index in [4.69, 9.17) is 23.3 Å². The summed E-state index contributed by atoms with van der Waals surface area (Å²) in [5.74, 6) is 2.26. The predicted molar refractivity (Wildman–Crippen MR) is 166 cm³/mol. The van der Waals surface area contributed by atoms with Crippen molar-refractivity contribution < 1.29 is 9.53 Å². The highest BCUT2D eigenvalue weighted by molar-refractivity contribution is 6.17. The maximum atomic E-state index is 13.9. The molecule has 8 rings (SSSR count). The lowest BCUT2D eigenvalue weighted by Gasteiger charge is -2.30. The van der Waals surface area contributed by atoms with E-state index in [-0.39, 0.29) is 17.9 Å². The van der Waals surface area contributed by atoms with Crippen LogP contribution in [0.5, 0.6) is 5.75 Å². The molecule has 210 valence electrons. The fraction of sp³-hybridized carbons (Fsp3) is 0.353. The van der Waals surface area contributed by atoms with Gasteiger partial charge in [0.15, 0.2) is 5.82 Å². The number of ether oxygens (including phenoxy) is 1. The summed E-state index contributed by atoms with van der Waals surface area (Å²) in [6.45, 7) is 2.18. The minimum atomic E-state index is -0.830. The summed E-state index contributed by atoms with van der Waals surface area (Å²) in [4.78, 5) is 21.0. The first-order chi connectivity index (χ1) is 20.4. The smallest absolute Gasteiger partial charge is 0.254 e. The van der Waals surface area contributed by atoms with E-state index < -0.39 is 5.44 Å². The Morgan fingerprint density at radius 2 is 1.81 bits per heavy atom. The van der Waals surface area contributed by atoms with Crippen LogP contribution >= 0.6 is 0 Å². The highest BCUT2D eigenvalue weighted by Crippen LogP contribution is 2.44. The van der Waals surface area contributed by atoms with Crippen LogP contribution < -0.4 is 10.5 Å². The number of nitrogens with zero attached hydrogens (tertiary/aromatic N) is 4. The second-order valence-electron chi connectivity index (χ2n) is 12.4. The molecule has 3 unspecified atom stereocenters. The molecule has 3 heterocycles. The van der Waals surface area contributed by atoms with E-state index >= 15 is 0 Å². The number of benzene rings is 3. The molecule has 0 spiro atoms. The second-order valence-corrected chi connectivity index (χ2v) is 12.4. The molecule has 1 saturated heterocycles. The van der Waals surface area contributed by atoms with Gasteiger partial charge in [-0.2, -0.15) is 0 Å². The number of carbonyl (C=O) groups is 1. The van der Waals surface area contributed by atoms with E-state index in [0.29, 0.717) is 30.3 Å². The molecule has 8 heteroatoms. The number of likely N-dealkylation sites (tertiary alicyclic amines) is 1. The van der Waals surface area contributed by atoms with Crippen molar-refractivity contribution in [1.82, 2.24) is 19.0 Å². The minimum absolute atomic E-state index is 0.0651. The summed E-state index contributed by atoms with van der Waals surface area (Å²) in [5, 5.41) is 1.20. The Morgan fingerprint density at radius 3 is 2.52 bits per heavy atom. The Morgan fingerprint density at radius 1 is 1.02 bits per heavy atom. The number of aromatic nitrogens is 3. The number of amides is 1. The average molecular weight is 555 g/mol. The van der Waals surface area contributed by atoms with Crippen LogP contribution in [-0.2, 0) is 13.1 Å². The fourth-order valence-corrected chi connectivity index (χ4v) is 7.34. The molecule has 2 N–H and O–H groups in total. The lowest BCUT2D eigenvalue weighted by molar-refractivity contribution is 0.0697. The number of nitrogens with two attached hydrogens (primary N) is 1. The third kappa shape index (κ3) is 3.99. The summed E-state index contributed by atoms with van der Waals surface area (Å²) in [7, 11) is 8.13. The normalized spacial score (nSPS) is 23.3. The molecule has 5 aromatic rings. The Kier molecular flexibility index (Phi) is 5.80. The molecular weight excluding hydrogens is 521 g/mol. The molecule has 3 aliphatic rings. The molecule has 2 aromatic heterocycles. The first-order valence-corrected chi connectivity index (χ1v) is 15.0. The van der Waals surface area contributed by atoms with Crippen molar-refractivity contribution >= 4 is 35.7 Å². The SMILES string of the molecule is [B]C1(N)C2CCC1N(C(=O)c1cc(OC)c3c(c1)nc(-c1cc4ccccc4n1CC1CC1)n3Cc1ccccc1)C2. The monoisotopic (exact) mass is 555 g/mol. The van der Waals surface area contributed by atoms with Crippen molar-refractivity contribution in [3.05, 3.63) is 83.9 Å². The zero-order valence-corrected chi connectivity index (χ0v) is 23.9. The zero-order valence-electron chi connectivity index (χ0n) is 23.9. The molecule has 3 fully saturated rings. The van der Waals surface area contributed by atoms with E-state index in [9.17, 15) is 4.79 Å². The van der Waals surface area contributed by atoms with Crippen LogP contribution in [0.15, 0.2) is 72.8 Å². The first-order valence-electron chi connectivity index (χ1n) is 15.0. The van der Waals surface area contributed by atoms with Crippen molar-refractivity contribution in [1.29, 1.82) is 0 Å². The highest BCUT2D eigenvalue weighted by atomic mass is 16.5. The van der Waals surface area contributed by atoms with Crippen LogP contribution in [0.3, 0.4) is 0 Å². The number of imidazole rings is 1. The van der Waals surface area contributed by atoms with Crippen LogP contribution in [0.1, 0.15) is 41.6 Å². The van der Waals surface area contributed by atoms with Gasteiger partial charge in [0.05, 0.1) is 26.2 Å². The standard InChI is InChI=1S/C34H34BN5O2/c1-42-29-17-24(33(41)39-20-25-13-14-30(39)34(25,35)36)15-26-31(29)40(19-21-7-3-2-4-8-21)32(37-26)28-16-23-9-5-6-10-27(23)38(28)18-22-11-12-22/h2-10,15-17,22,25,30H,11-14,18-20,36H2,1H3. The number of hydrogen-bond acceptors (Lipinski definition) is 4. The predicted octanol–water partition coefficient (Wildman–Crippen LogP) is 5.18. The molecule has 1 amide bonds.